The van der Waals surface area contributed by atoms with Gasteiger partial charge >= 0.3 is 6.09 Å². The van der Waals surface area contributed by atoms with E-state index in [0.717, 1.165) is 5.56 Å². The lowest BCUT2D eigenvalue weighted by Crippen LogP contribution is -2.40. The Labute approximate surface area is 127 Å². The van der Waals surface area contributed by atoms with Crippen molar-refractivity contribution in [2.45, 2.75) is 46.3 Å². The molecule has 0 aromatic carbocycles. The van der Waals surface area contributed by atoms with E-state index in [1.165, 1.54) is 0 Å². The molecule has 120 valence electrons. The van der Waals surface area contributed by atoms with Gasteiger partial charge in [-0.25, -0.2) is 4.79 Å². The van der Waals surface area contributed by atoms with E-state index in [0.29, 0.717) is 19.6 Å². The van der Waals surface area contributed by atoms with Gasteiger partial charge in [0.15, 0.2) is 0 Å². The number of aromatic nitrogens is 2. The van der Waals surface area contributed by atoms with E-state index < -0.39 is 5.60 Å². The summed E-state index contributed by atoms with van der Waals surface area (Å²) >= 11 is 0. The molecule has 0 fully saturated rings. The third-order valence-corrected chi connectivity index (χ3v) is 3.09. The predicted molar refractivity (Wildman–Crippen MR) is 83.1 cm³/mol. The number of hydrogen-bond acceptors (Lipinski definition) is 4. The summed E-state index contributed by atoms with van der Waals surface area (Å²) in [7, 11) is 1.90. The van der Waals surface area contributed by atoms with E-state index in [9.17, 15) is 4.79 Å². The minimum Gasteiger partial charge on any atom is -0.444 e. The van der Waals surface area contributed by atoms with E-state index in [1.54, 1.807) is 9.58 Å². The lowest BCUT2D eigenvalue weighted by molar-refractivity contribution is 0.0261. The van der Waals surface area contributed by atoms with Crippen LogP contribution in [0.2, 0.25) is 0 Å². The molecule has 0 aliphatic heterocycles. The Hall–Kier alpha value is -1.56. The van der Waals surface area contributed by atoms with E-state index in [-0.39, 0.29) is 12.1 Å². The molecule has 1 rings (SSSR count). The van der Waals surface area contributed by atoms with Gasteiger partial charge in [0.1, 0.15) is 5.60 Å². The van der Waals surface area contributed by atoms with Crippen molar-refractivity contribution in [1.29, 1.82) is 0 Å². The average molecular weight is 296 g/mol. The molecule has 0 aliphatic rings. The standard InChI is InChI=1S/C15H28N4O2/c1-7-19(14(20)21-15(3,4)5)9-8-16-12(2)13-10-17-18(6)11-13/h10-12,16H,7-9H2,1-6H3. The maximum Gasteiger partial charge on any atom is 0.410 e. The highest BCUT2D eigenvalue weighted by Gasteiger charge is 2.20. The highest BCUT2D eigenvalue weighted by Crippen LogP contribution is 2.11. The zero-order valence-corrected chi connectivity index (χ0v) is 14.0. The number of amides is 1. The molecule has 6 heteroatoms. The van der Waals surface area contributed by atoms with Crippen molar-refractivity contribution in [2.24, 2.45) is 7.05 Å². The number of ether oxygens (including phenoxy) is 1. The Kier molecular flexibility index (Phi) is 6.20. The van der Waals surface area contributed by atoms with Gasteiger partial charge < -0.3 is 15.0 Å². The molecule has 0 saturated carbocycles. The number of hydrogen-bond donors (Lipinski definition) is 1. The molecule has 1 aromatic heterocycles. The van der Waals surface area contributed by atoms with Crippen molar-refractivity contribution >= 4 is 6.09 Å². The number of rotatable bonds is 6. The van der Waals surface area contributed by atoms with E-state index in [1.807, 2.05) is 47.1 Å². The largest absolute Gasteiger partial charge is 0.444 e. The number of carbonyl (C=O) groups is 1. The second-order valence-electron chi connectivity index (χ2n) is 6.18. The van der Waals surface area contributed by atoms with Gasteiger partial charge in [-0.2, -0.15) is 5.10 Å². The summed E-state index contributed by atoms with van der Waals surface area (Å²) in [4.78, 5) is 13.7. The first-order chi connectivity index (χ1) is 9.73. The summed E-state index contributed by atoms with van der Waals surface area (Å²) in [5, 5.41) is 7.55. The van der Waals surface area contributed by atoms with Gasteiger partial charge in [0.2, 0.25) is 0 Å². The lowest BCUT2D eigenvalue weighted by Gasteiger charge is -2.27. The molecule has 1 atom stereocenters. The summed E-state index contributed by atoms with van der Waals surface area (Å²) in [6, 6.07) is 0.205. The Bertz CT molecular complexity index is 451. The molecule has 1 amide bonds. The van der Waals surface area contributed by atoms with Crippen LogP contribution in [0, 0.1) is 0 Å². The van der Waals surface area contributed by atoms with E-state index in [4.69, 9.17) is 4.74 Å². The number of aryl methyl sites for hydroxylation is 1. The van der Waals surface area contributed by atoms with Crippen LogP contribution >= 0.6 is 0 Å². The topological polar surface area (TPSA) is 59.4 Å². The molecule has 0 radical (unpaired) electrons. The zero-order valence-electron chi connectivity index (χ0n) is 14.0. The average Bonchev–Trinajstić information content (AvgIpc) is 2.79. The number of nitrogens with zero attached hydrogens (tertiary/aromatic N) is 3. The Morgan fingerprint density at radius 3 is 2.67 bits per heavy atom. The fourth-order valence-electron chi connectivity index (χ4n) is 1.90. The Morgan fingerprint density at radius 1 is 1.52 bits per heavy atom. The summed E-state index contributed by atoms with van der Waals surface area (Å²) in [5.74, 6) is 0. The third-order valence-electron chi connectivity index (χ3n) is 3.09. The van der Waals surface area contributed by atoms with Crippen LogP contribution in [0.25, 0.3) is 0 Å². The van der Waals surface area contributed by atoms with Crippen LogP contribution in [0.5, 0.6) is 0 Å². The maximum absolute atomic E-state index is 12.0. The second-order valence-corrected chi connectivity index (χ2v) is 6.18. The van der Waals surface area contributed by atoms with Gasteiger partial charge in [0.25, 0.3) is 0 Å². The van der Waals surface area contributed by atoms with Crippen LogP contribution in [0.1, 0.15) is 46.2 Å². The number of likely N-dealkylation sites (N-methyl/N-ethyl adjacent to an activating group) is 1. The number of nitrogens with one attached hydrogen (secondary N) is 1. The summed E-state index contributed by atoms with van der Waals surface area (Å²) in [6.45, 7) is 11.6. The van der Waals surface area contributed by atoms with Crippen molar-refractivity contribution in [3.8, 4) is 0 Å². The highest BCUT2D eigenvalue weighted by atomic mass is 16.6. The molecular weight excluding hydrogens is 268 g/mol. The van der Waals surface area contributed by atoms with Gasteiger partial charge in [-0.05, 0) is 34.6 Å². The molecule has 1 N–H and O–H groups in total. The van der Waals surface area contributed by atoms with Crippen LogP contribution < -0.4 is 5.32 Å². The molecular formula is C15H28N4O2. The number of carbonyl (C=O) groups excluding carboxylic acids is 1. The molecule has 21 heavy (non-hydrogen) atoms. The molecule has 0 bridgehead atoms. The maximum atomic E-state index is 12.0. The quantitative estimate of drug-likeness (QED) is 0.875. The van der Waals surface area contributed by atoms with E-state index >= 15 is 0 Å². The first-order valence-electron chi connectivity index (χ1n) is 7.42. The normalized spacial score (nSPS) is 13.0. The summed E-state index contributed by atoms with van der Waals surface area (Å²) in [6.07, 6.45) is 3.58. The third kappa shape index (κ3) is 6.16. The van der Waals surface area contributed by atoms with Crippen LogP contribution in [-0.2, 0) is 11.8 Å². The lowest BCUT2D eigenvalue weighted by atomic mass is 10.2. The first kappa shape index (κ1) is 17.5. The minimum atomic E-state index is -0.457. The van der Waals surface area contributed by atoms with Gasteiger partial charge in [-0.15, -0.1) is 0 Å². The molecule has 1 heterocycles. The van der Waals surface area contributed by atoms with Crippen LogP contribution in [0.4, 0.5) is 4.79 Å². The zero-order chi connectivity index (χ0) is 16.0. The van der Waals surface area contributed by atoms with Crippen LogP contribution in [0.15, 0.2) is 12.4 Å². The summed E-state index contributed by atoms with van der Waals surface area (Å²) < 4.78 is 7.17. The fraction of sp³-hybridized carbons (Fsp3) is 0.733. The Balaban J connectivity index is 2.40. The fourth-order valence-corrected chi connectivity index (χ4v) is 1.90. The van der Waals surface area contributed by atoms with Crippen molar-refractivity contribution < 1.29 is 9.53 Å². The SMILES string of the molecule is CCN(CCNC(C)c1cnn(C)c1)C(=O)OC(C)(C)C. The molecule has 1 aromatic rings. The van der Waals surface area contributed by atoms with Crippen LogP contribution in [-0.4, -0.2) is 46.0 Å². The monoisotopic (exact) mass is 296 g/mol. The van der Waals surface area contributed by atoms with Gasteiger partial charge in [-0.1, -0.05) is 0 Å². The van der Waals surface area contributed by atoms with Gasteiger partial charge in [0.05, 0.1) is 6.20 Å². The smallest absolute Gasteiger partial charge is 0.410 e. The van der Waals surface area contributed by atoms with Crippen molar-refractivity contribution in [3.63, 3.8) is 0 Å². The predicted octanol–water partition coefficient (Wildman–Crippen LogP) is 2.33. The first-order valence-corrected chi connectivity index (χ1v) is 7.42. The second kappa shape index (κ2) is 7.45. The molecule has 1 unspecified atom stereocenters. The van der Waals surface area contributed by atoms with Crippen molar-refractivity contribution in [1.82, 2.24) is 20.0 Å². The molecule has 0 aliphatic carbocycles. The van der Waals surface area contributed by atoms with Crippen molar-refractivity contribution in [2.75, 3.05) is 19.6 Å². The van der Waals surface area contributed by atoms with Crippen LogP contribution in [0.3, 0.4) is 0 Å². The molecule has 6 nitrogen and oxygen atoms in total. The molecule has 0 spiro atoms. The minimum absolute atomic E-state index is 0.205. The molecule has 0 saturated heterocycles. The Morgan fingerprint density at radius 2 is 2.19 bits per heavy atom. The highest BCUT2D eigenvalue weighted by molar-refractivity contribution is 5.68. The van der Waals surface area contributed by atoms with Gasteiger partial charge in [0, 0.05) is 44.5 Å². The van der Waals surface area contributed by atoms with E-state index in [2.05, 4.69) is 17.3 Å². The summed E-state index contributed by atoms with van der Waals surface area (Å²) in [5.41, 5.74) is 0.679. The van der Waals surface area contributed by atoms with Gasteiger partial charge in [-0.3, -0.25) is 4.68 Å². The van der Waals surface area contributed by atoms with Crippen molar-refractivity contribution in [3.05, 3.63) is 18.0 Å².